The predicted molar refractivity (Wildman–Crippen MR) is 120 cm³/mol. The summed E-state index contributed by atoms with van der Waals surface area (Å²) < 4.78 is 1.58. The summed E-state index contributed by atoms with van der Waals surface area (Å²) >= 11 is 5.90. The number of rotatable bonds is 6. The number of aromatic nitrogens is 5. The van der Waals surface area contributed by atoms with E-state index < -0.39 is 0 Å². The predicted octanol–water partition coefficient (Wildman–Crippen LogP) is 4.41. The van der Waals surface area contributed by atoms with Gasteiger partial charge in [-0.2, -0.15) is 10.1 Å². The SMILES string of the molecule is Cc1ccc(CCl)cc1NC(=O)c1ccc(Nc2ncc(C)c(-n3cncn3)n2)cc1. The van der Waals surface area contributed by atoms with Gasteiger partial charge in [-0.3, -0.25) is 4.79 Å². The maximum atomic E-state index is 12.6. The molecule has 156 valence electrons. The molecule has 0 atom stereocenters. The molecule has 0 radical (unpaired) electrons. The molecule has 0 bridgehead atoms. The fraction of sp³-hybridized carbons (Fsp3) is 0.136. The van der Waals surface area contributed by atoms with Gasteiger partial charge in [-0.05, 0) is 55.3 Å². The lowest BCUT2D eigenvalue weighted by atomic mass is 10.1. The zero-order valence-corrected chi connectivity index (χ0v) is 17.8. The van der Waals surface area contributed by atoms with Gasteiger partial charge >= 0.3 is 0 Å². The molecule has 0 spiro atoms. The van der Waals surface area contributed by atoms with Crippen molar-refractivity contribution < 1.29 is 4.79 Å². The van der Waals surface area contributed by atoms with Crippen LogP contribution in [0.1, 0.15) is 27.0 Å². The van der Waals surface area contributed by atoms with E-state index in [1.54, 1.807) is 41.5 Å². The summed E-state index contributed by atoms with van der Waals surface area (Å²) in [5.74, 6) is 1.26. The van der Waals surface area contributed by atoms with Gasteiger partial charge in [0, 0.05) is 34.6 Å². The highest BCUT2D eigenvalue weighted by atomic mass is 35.5. The summed E-state index contributed by atoms with van der Waals surface area (Å²) in [5, 5.41) is 10.2. The van der Waals surface area contributed by atoms with E-state index in [1.165, 1.54) is 6.33 Å². The van der Waals surface area contributed by atoms with Crippen molar-refractivity contribution in [3.63, 3.8) is 0 Å². The molecule has 9 heteroatoms. The molecular weight excluding hydrogens is 414 g/mol. The van der Waals surface area contributed by atoms with Crippen LogP contribution in [0, 0.1) is 13.8 Å². The first kappa shape index (κ1) is 20.5. The summed E-state index contributed by atoms with van der Waals surface area (Å²) in [4.78, 5) is 25.4. The van der Waals surface area contributed by atoms with Crippen molar-refractivity contribution in [3.05, 3.63) is 83.6 Å². The molecule has 1 amide bonds. The van der Waals surface area contributed by atoms with Crippen LogP contribution in [0.5, 0.6) is 0 Å². The van der Waals surface area contributed by atoms with Crippen molar-refractivity contribution in [2.45, 2.75) is 19.7 Å². The molecule has 2 N–H and O–H groups in total. The van der Waals surface area contributed by atoms with E-state index in [1.807, 2.05) is 32.0 Å². The first-order valence-electron chi connectivity index (χ1n) is 9.56. The Labute approximate surface area is 184 Å². The lowest BCUT2D eigenvalue weighted by molar-refractivity contribution is 0.102. The summed E-state index contributed by atoms with van der Waals surface area (Å²) in [7, 11) is 0. The van der Waals surface area contributed by atoms with E-state index in [0.717, 1.165) is 28.1 Å². The van der Waals surface area contributed by atoms with Gasteiger partial charge < -0.3 is 10.6 Å². The molecule has 0 saturated carbocycles. The third-order valence-corrected chi connectivity index (χ3v) is 5.00. The number of hydrogen-bond acceptors (Lipinski definition) is 6. The Morgan fingerprint density at radius 3 is 2.61 bits per heavy atom. The summed E-state index contributed by atoms with van der Waals surface area (Å²) in [6, 6.07) is 12.9. The van der Waals surface area contributed by atoms with Crippen molar-refractivity contribution in [1.29, 1.82) is 0 Å². The van der Waals surface area contributed by atoms with Crippen LogP contribution < -0.4 is 10.6 Å². The largest absolute Gasteiger partial charge is 0.324 e. The van der Waals surface area contributed by atoms with Crippen LogP contribution in [0.4, 0.5) is 17.3 Å². The maximum Gasteiger partial charge on any atom is 0.255 e. The highest BCUT2D eigenvalue weighted by molar-refractivity contribution is 6.17. The van der Waals surface area contributed by atoms with Gasteiger partial charge in [-0.1, -0.05) is 12.1 Å². The molecule has 31 heavy (non-hydrogen) atoms. The third kappa shape index (κ3) is 4.70. The number of carbonyl (C=O) groups is 1. The molecule has 4 aromatic rings. The standard InChI is InChI=1S/C22H20ClN7O/c1-14-3-4-16(10-23)9-19(14)28-21(31)17-5-7-18(8-6-17)27-22-25-11-15(2)20(29-22)30-13-24-12-26-30/h3-9,11-13H,10H2,1-2H3,(H,28,31)(H,25,27,29). The fourth-order valence-corrected chi connectivity index (χ4v) is 3.12. The number of hydrogen-bond donors (Lipinski definition) is 2. The van der Waals surface area contributed by atoms with Crippen LogP contribution in [-0.2, 0) is 5.88 Å². The Kier molecular flexibility index (Phi) is 5.90. The van der Waals surface area contributed by atoms with Crippen LogP contribution in [-0.4, -0.2) is 30.6 Å². The Morgan fingerprint density at radius 2 is 1.90 bits per heavy atom. The first-order chi connectivity index (χ1) is 15.0. The van der Waals surface area contributed by atoms with E-state index in [9.17, 15) is 4.79 Å². The smallest absolute Gasteiger partial charge is 0.255 e. The Bertz CT molecular complexity index is 1210. The fourth-order valence-electron chi connectivity index (χ4n) is 2.96. The molecule has 2 aromatic heterocycles. The zero-order chi connectivity index (χ0) is 21.8. The number of halogens is 1. The van der Waals surface area contributed by atoms with Crippen LogP contribution in [0.15, 0.2) is 61.3 Å². The van der Waals surface area contributed by atoms with E-state index >= 15 is 0 Å². The van der Waals surface area contributed by atoms with Gasteiger partial charge in [0.15, 0.2) is 5.82 Å². The van der Waals surface area contributed by atoms with Gasteiger partial charge in [-0.15, -0.1) is 11.6 Å². The molecule has 2 aromatic carbocycles. The molecule has 0 unspecified atom stereocenters. The summed E-state index contributed by atoms with van der Waals surface area (Å²) in [5.41, 5.74) is 4.83. The second-order valence-electron chi connectivity index (χ2n) is 6.98. The molecule has 0 aliphatic heterocycles. The highest BCUT2D eigenvalue weighted by Gasteiger charge is 2.10. The van der Waals surface area contributed by atoms with Gasteiger partial charge in [0.2, 0.25) is 5.95 Å². The average molecular weight is 434 g/mol. The topological polar surface area (TPSA) is 97.6 Å². The Morgan fingerprint density at radius 1 is 1.10 bits per heavy atom. The minimum absolute atomic E-state index is 0.193. The van der Waals surface area contributed by atoms with Crippen molar-refractivity contribution in [2.24, 2.45) is 0 Å². The number of nitrogens with one attached hydrogen (secondary N) is 2. The number of alkyl halides is 1. The van der Waals surface area contributed by atoms with Crippen molar-refractivity contribution in [2.75, 3.05) is 10.6 Å². The van der Waals surface area contributed by atoms with Gasteiger partial charge in [-0.25, -0.2) is 14.6 Å². The zero-order valence-electron chi connectivity index (χ0n) is 17.0. The van der Waals surface area contributed by atoms with Crippen LogP contribution in [0.25, 0.3) is 5.82 Å². The monoisotopic (exact) mass is 433 g/mol. The van der Waals surface area contributed by atoms with E-state index in [0.29, 0.717) is 23.2 Å². The highest BCUT2D eigenvalue weighted by Crippen LogP contribution is 2.20. The Hall–Kier alpha value is -3.78. The first-order valence-corrected chi connectivity index (χ1v) is 10.1. The molecule has 0 aliphatic carbocycles. The number of anilines is 3. The molecule has 0 saturated heterocycles. The molecule has 0 aliphatic rings. The summed E-state index contributed by atoms with van der Waals surface area (Å²) in [6.07, 6.45) is 4.74. The molecule has 4 rings (SSSR count). The molecule has 2 heterocycles. The molecule has 0 fully saturated rings. The normalized spacial score (nSPS) is 10.7. The second-order valence-corrected chi connectivity index (χ2v) is 7.25. The van der Waals surface area contributed by atoms with Crippen molar-refractivity contribution in [1.82, 2.24) is 24.7 Å². The Balaban J connectivity index is 1.48. The van der Waals surface area contributed by atoms with Crippen molar-refractivity contribution >= 4 is 34.8 Å². The van der Waals surface area contributed by atoms with Gasteiger partial charge in [0.05, 0.1) is 0 Å². The second kappa shape index (κ2) is 8.93. The number of carbonyl (C=O) groups excluding carboxylic acids is 1. The van der Waals surface area contributed by atoms with Crippen LogP contribution in [0.3, 0.4) is 0 Å². The van der Waals surface area contributed by atoms with E-state index in [2.05, 4.69) is 30.7 Å². The molecular formula is C22H20ClN7O. The van der Waals surface area contributed by atoms with Crippen LogP contribution >= 0.6 is 11.6 Å². The van der Waals surface area contributed by atoms with Gasteiger partial charge in [0.25, 0.3) is 5.91 Å². The number of nitrogens with zero attached hydrogens (tertiary/aromatic N) is 5. The third-order valence-electron chi connectivity index (χ3n) is 4.69. The van der Waals surface area contributed by atoms with E-state index in [-0.39, 0.29) is 5.91 Å². The number of aryl methyl sites for hydroxylation is 2. The quantitative estimate of drug-likeness (QED) is 0.437. The van der Waals surface area contributed by atoms with Crippen LogP contribution in [0.2, 0.25) is 0 Å². The number of benzene rings is 2. The number of amides is 1. The average Bonchev–Trinajstić information content (AvgIpc) is 3.32. The lowest BCUT2D eigenvalue weighted by Gasteiger charge is -2.11. The van der Waals surface area contributed by atoms with Crippen molar-refractivity contribution in [3.8, 4) is 5.82 Å². The minimum Gasteiger partial charge on any atom is -0.324 e. The van der Waals surface area contributed by atoms with Gasteiger partial charge in [0.1, 0.15) is 12.7 Å². The molecule has 8 nitrogen and oxygen atoms in total. The maximum absolute atomic E-state index is 12.6. The van der Waals surface area contributed by atoms with E-state index in [4.69, 9.17) is 11.6 Å². The minimum atomic E-state index is -0.193. The summed E-state index contributed by atoms with van der Waals surface area (Å²) in [6.45, 7) is 3.84. The lowest BCUT2D eigenvalue weighted by Crippen LogP contribution is -2.13.